The lowest BCUT2D eigenvalue weighted by molar-refractivity contribution is 0.793. The number of fused-ring (bicyclic) bond motifs is 16. The average Bonchev–Trinajstić information content (AvgIpc) is 3.01. The molecule has 79 heavy (non-hydrogen) atoms. The lowest BCUT2D eigenvalue weighted by atomic mass is 9.70. The third-order valence-electron chi connectivity index (χ3n) is 17.0. The fraction of sp³-hybridized carbons (Fsp3) is 0.0667. The number of para-hydroxylation sites is 2. The SMILES string of the molecule is Cc1ccc(-n2c3ccccc3c3cc(C4=CCC(/C=C/c5ccc6c(c5)C5(c7ccccc7-c7ccccc75)c5cc(/C=C/c7ccc(-c8ccc9c(c8)c8ccccc8n9-c8ccc(C)cc8)s7)ccc5-6)S4)ccc32)cc1. The monoisotopic (exact) mass is 1040 g/mol. The van der Waals surface area contributed by atoms with Crippen LogP contribution in [-0.2, 0) is 5.41 Å². The molecule has 3 aromatic heterocycles. The molecule has 0 radical (unpaired) electrons. The number of thiophene rings is 1. The van der Waals surface area contributed by atoms with Crippen LogP contribution in [0.1, 0.15) is 61.4 Å². The van der Waals surface area contributed by atoms with Crippen LogP contribution < -0.4 is 0 Å². The normalized spacial score (nSPS) is 15.1. The van der Waals surface area contributed by atoms with Crippen LogP contribution in [0.15, 0.2) is 243 Å². The zero-order valence-electron chi connectivity index (χ0n) is 43.8. The van der Waals surface area contributed by atoms with Gasteiger partial charge in [0.15, 0.2) is 0 Å². The summed E-state index contributed by atoms with van der Waals surface area (Å²) in [7, 11) is 0. The van der Waals surface area contributed by atoms with Gasteiger partial charge in [0.25, 0.3) is 0 Å². The first kappa shape index (κ1) is 46.2. The van der Waals surface area contributed by atoms with Gasteiger partial charge in [0.1, 0.15) is 0 Å². The number of nitrogens with zero attached hydrogens (tertiary/aromatic N) is 2. The molecule has 374 valence electrons. The molecule has 1 spiro atoms. The summed E-state index contributed by atoms with van der Waals surface area (Å²) < 4.78 is 4.80. The topological polar surface area (TPSA) is 9.86 Å². The van der Waals surface area contributed by atoms with E-state index in [-0.39, 0.29) is 0 Å². The van der Waals surface area contributed by atoms with Crippen molar-refractivity contribution in [2.75, 3.05) is 0 Å². The van der Waals surface area contributed by atoms with Crippen LogP contribution in [0.5, 0.6) is 0 Å². The van der Waals surface area contributed by atoms with Crippen molar-refractivity contribution in [2.24, 2.45) is 0 Å². The fourth-order valence-corrected chi connectivity index (χ4v) is 15.4. The second-order valence-corrected chi connectivity index (χ2v) is 24.0. The van der Waals surface area contributed by atoms with Gasteiger partial charge in [0.05, 0.1) is 27.5 Å². The zero-order chi connectivity index (χ0) is 52.3. The van der Waals surface area contributed by atoms with Crippen molar-refractivity contribution in [3.05, 3.63) is 298 Å². The van der Waals surface area contributed by atoms with E-state index in [1.165, 1.54) is 148 Å². The Labute approximate surface area is 468 Å². The molecule has 0 fully saturated rings. The highest BCUT2D eigenvalue weighted by Crippen LogP contribution is 2.63. The van der Waals surface area contributed by atoms with E-state index in [2.05, 4.69) is 284 Å². The quantitative estimate of drug-likeness (QED) is 0.147. The third kappa shape index (κ3) is 7.25. The molecule has 13 aromatic rings. The highest BCUT2D eigenvalue weighted by Gasteiger charge is 2.51. The van der Waals surface area contributed by atoms with E-state index < -0.39 is 5.41 Å². The number of thioether (sulfide) groups is 1. The summed E-state index contributed by atoms with van der Waals surface area (Å²) in [5.41, 5.74) is 25.1. The predicted octanol–water partition coefficient (Wildman–Crippen LogP) is 20.3. The smallest absolute Gasteiger partial charge is 0.0725 e. The molecule has 0 bridgehead atoms. The van der Waals surface area contributed by atoms with E-state index in [4.69, 9.17) is 0 Å². The molecule has 1 atom stereocenters. The molecular weight excluding hydrogens is 993 g/mol. The van der Waals surface area contributed by atoms with Gasteiger partial charge in [0, 0.05) is 52.8 Å². The Morgan fingerprint density at radius 2 is 0.924 bits per heavy atom. The third-order valence-corrected chi connectivity index (χ3v) is 19.4. The molecule has 10 aromatic carbocycles. The highest BCUT2D eigenvalue weighted by atomic mass is 32.2. The predicted molar refractivity (Wildman–Crippen MR) is 339 cm³/mol. The van der Waals surface area contributed by atoms with E-state index >= 15 is 0 Å². The van der Waals surface area contributed by atoms with E-state index in [1.807, 2.05) is 23.1 Å². The van der Waals surface area contributed by atoms with Crippen molar-refractivity contribution < 1.29 is 0 Å². The lowest BCUT2D eigenvalue weighted by Gasteiger charge is -2.30. The minimum Gasteiger partial charge on any atom is -0.309 e. The number of hydrogen-bond acceptors (Lipinski definition) is 2. The Kier molecular flexibility index (Phi) is 10.6. The van der Waals surface area contributed by atoms with E-state index in [9.17, 15) is 0 Å². The number of benzene rings is 10. The largest absolute Gasteiger partial charge is 0.309 e. The Morgan fingerprint density at radius 3 is 1.53 bits per heavy atom. The summed E-state index contributed by atoms with van der Waals surface area (Å²) in [4.78, 5) is 3.85. The van der Waals surface area contributed by atoms with Gasteiger partial charge in [-0.3, -0.25) is 0 Å². The maximum absolute atomic E-state index is 2.50. The number of aryl methyl sites for hydroxylation is 2. The van der Waals surface area contributed by atoms with Crippen molar-refractivity contribution in [2.45, 2.75) is 30.9 Å². The Hall–Kier alpha value is -8.93. The van der Waals surface area contributed by atoms with Gasteiger partial charge in [-0.15, -0.1) is 23.1 Å². The number of hydrogen-bond donors (Lipinski definition) is 0. The van der Waals surface area contributed by atoms with Crippen molar-refractivity contribution >= 4 is 89.8 Å². The minimum absolute atomic E-state index is 0.349. The molecule has 2 nitrogen and oxygen atoms in total. The zero-order valence-corrected chi connectivity index (χ0v) is 45.5. The molecule has 3 aliphatic rings. The first-order chi connectivity index (χ1) is 38.9. The van der Waals surface area contributed by atoms with Gasteiger partial charge in [0.2, 0.25) is 0 Å². The van der Waals surface area contributed by atoms with Crippen LogP contribution in [0.4, 0.5) is 0 Å². The van der Waals surface area contributed by atoms with Crippen molar-refractivity contribution in [3.8, 4) is 44.1 Å². The summed E-state index contributed by atoms with van der Waals surface area (Å²) >= 11 is 3.83. The van der Waals surface area contributed by atoms with Gasteiger partial charge in [-0.25, -0.2) is 0 Å². The van der Waals surface area contributed by atoms with Crippen molar-refractivity contribution in [3.63, 3.8) is 0 Å². The number of aromatic nitrogens is 2. The van der Waals surface area contributed by atoms with E-state index in [0.29, 0.717) is 5.25 Å². The van der Waals surface area contributed by atoms with E-state index in [1.54, 1.807) is 0 Å². The molecule has 0 amide bonds. The van der Waals surface area contributed by atoms with Gasteiger partial charge in [-0.05, 0) is 178 Å². The Balaban J connectivity index is 0.707. The Morgan fingerprint density at radius 1 is 0.418 bits per heavy atom. The average molecular weight is 1050 g/mol. The Bertz CT molecular complexity index is 4700. The first-order valence-corrected chi connectivity index (χ1v) is 29.2. The van der Waals surface area contributed by atoms with Crippen LogP contribution in [0.2, 0.25) is 0 Å². The molecule has 1 unspecified atom stereocenters. The van der Waals surface area contributed by atoms with E-state index in [0.717, 1.165) is 6.42 Å². The summed E-state index contributed by atoms with van der Waals surface area (Å²) in [5.74, 6) is 0. The van der Waals surface area contributed by atoms with Gasteiger partial charge in [-0.1, -0.05) is 181 Å². The van der Waals surface area contributed by atoms with Gasteiger partial charge >= 0.3 is 0 Å². The van der Waals surface area contributed by atoms with Crippen LogP contribution in [0.25, 0.3) is 111 Å². The molecule has 16 rings (SSSR count). The van der Waals surface area contributed by atoms with Crippen LogP contribution in [-0.4, -0.2) is 14.4 Å². The summed E-state index contributed by atoms with van der Waals surface area (Å²) in [6.45, 7) is 4.29. The van der Waals surface area contributed by atoms with Crippen molar-refractivity contribution in [1.29, 1.82) is 0 Å². The summed E-state index contributed by atoms with van der Waals surface area (Å²) in [6, 6.07) is 86.6. The van der Waals surface area contributed by atoms with Crippen LogP contribution in [0.3, 0.4) is 0 Å². The fourth-order valence-electron chi connectivity index (χ4n) is 13.4. The maximum atomic E-state index is 2.50. The minimum atomic E-state index is -0.444. The highest BCUT2D eigenvalue weighted by molar-refractivity contribution is 8.09. The van der Waals surface area contributed by atoms with Gasteiger partial charge < -0.3 is 9.13 Å². The lowest BCUT2D eigenvalue weighted by Crippen LogP contribution is -2.26. The van der Waals surface area contributed by atoms with Crippen LogP contribution in [0, 0.1) is 13.8 Å². The van der Waals surface area contributed by atoms with Gasteiger partial charge in [-0.2, -0.15) is 0 Å². The number of rotatable bonds is 8. The van der Waals surface area contributed by atoms with Crippen LogP contribution >= 0.6 is 23.1 Å². The maximum Gasteiger partial charge on any atom is 0.0725 e. The second-order valence-electron chi connectivity index (χ2n) is 21.6. The molecule has 0 saturated heterocycles. The molecule has 4 heterocycles. The first-order valence-electron chi connectivity index (χ1n) is 27.5. The molecule has 4 heteroatoms. The molecule has 0 N–H and O–H groups in total. The summed E-state index contributed by atoms with van der Waals surface area (Å²) in [6.07, 6.45) is 12.9. The second kappa shape index (κ2) is 18.1. The molecule has 0 saturated carbocycles. The molecule has 2 aliphatic carbocycles. The van der Waals surface area contributed by atoms with Crippen molar-refractivity contribution in [1.82, 2.24) is 9.13 Å². The summed E-state index contributed by atoms with van der Waals surface area (Å²) in [5, 5.41) is 5.47. The molecule has 1 aliphatic heterocycles. The molecular formula is C75H52N2S2. The number of allylic oxidation sites excluding steroid dienone is 1. The standard InChI is InChI=1S/C75H52N2S2/c1-47-19-29-53(30-20-47)76-69-17-9-5-13-61(69)63-45-51(27-39-71(63)76)73-41-35-55(78-73)33-23-49-25-37-59-60-38-26-50(44-68(60)75(67(59)43-49)65-15-7-3-11-57(65)58-12-4-8-16-66(58)75)24-34-56-36-42-74(79-56)52-28-40-72-64(46-52)62-14-6-10-18-70(62)77(72)54-31-21-48(2)22-32-54/h3-35,37-46,56H,36H2,1-2H3/b33-23+,34-24+.